The van der Waals surface area contributed by atoms with E-state index in [-0.39, 0.29) is 5.54 Å². The fourth-order valence-corrected chi connectivity index (χ4v) is 1.60. The van der Waals surface area contributed by atoms with Crippen LogP contribution in [0.5, 0.6) is 0 Å². The molecule has 0 aliphatic heterocycles. The number of rotatable bonds is 8. The average molecular weight is 256 g/mol. The number of aliphatic imine (C=N–C) groups is 1. The van der Waals surface area contributed by atoms with E-state index < -0.39 is 0 Å². The first-order valence-electron chi connectivity index (χ1n) is 7.19. The number of unbranched alkanes of at least 4 members (excludes halogenated alkanes) is 3. The maximum Gasteiger partial charge on any atom is 0.191 e. The summed E-state index contributed by atoms with van der Waals surface area (Å²) in [6.07, 6.45) is 5.12. The van der Waals surface area contributed by atoms with E-state index in [2.05, 4.69) is 48.6 Å². The third-order valence-corrected chi connectivity index (χ3v) is 2.62. The van der Waals surface area contributed by atoms with E-state index >= 15 is 0 Å². The molecule has 0 heterocycles. The van der Waals surface area contributed by atoms with E-state index in [0.29, 0.717) is 0 Å². The fraction of sp³-hybridized carbons (Fsp3) is 0.929. The molecule has 0 spiro atoms. The highest BCUT2D eigenvalue weighted by Gasteiger charge is 2.07. The number of hydrogen-bond donors (Lipinski definition) is 3. The Balaban J connectivity index is 3.54. The zero-order chi connectivity index (χ0) is 13.9. The molecule has 0 saturated heterocycles. The quantitative estimate of drug-likeness (QED) is 0.354. The van der Waals surface area contributed by atoms with Crippen LogP contribution in [0, 0.1) is 0 Å². The molecule has 0 aliphatic rings. The van der Waals surface area contributed by atoms with Crippen molar-refractivity contribution < 1.29 is 0 Å². The van der Waals surface area contributed by atoms with Gasteiger partial charge in [-0.1, -0.05) is 26.2 Å². The summed E-state index contributed by atoms with van der Waals surface area (Å²) in [6.45, 7) is 11.6. The molecule has 0 atom stereocenters. The Labute approximate surface area is 113 Å². The number of nitrogens with one attached hydrogen (secondary N) is 3. The van der Waals surface area contributed by atoms with E-state index in [4.69, 9.17) is 0 Å². The van der Waals surface area contributed by atoms with Crippen LogP contribution in [0.3, 0.4) is 0 Å². The smallest absolute Gasteiger partial charge is 0.191 e. The van der Waals surface area contributed by atoms with Crippen LogP contribution in [0.15, 0.2) is 4.99 Å². The monoisotopic (exact) mass is 256 g/mol. The molecule has 0 unspecified atom stereocenters. The third-order valence-electron chi connectivity index (χ3n) is 2.62. The second-order valence-corrected chi connectivity index (χ2v) is 5.66. The maximum absolute atomic E-state index is 4.21. The first-order chi connectivity index (χ1) is 8.49. The van der Waals surface area contributed by atoms with Gasteiger partial charge in [-0.2, -0.15) is 0 Å². The Morgan fingerprint density at radius 3 is 2.17 bits per heavy atom. The molecule has 0 aliphatic carbocycles. The van der Waals surface area contributed by atoms with Crippen LogP contribution in [0.1, 0.15) is 53.4 Å². The molecule has 0 radical (unpaired) electrons. The number of nitrogens with zero attached hydrogens (tertiary/aromatic N) is 1. The molecule has 18 heavy (non-hydrogen) atoms. The second kappa shape index (κ2) is 10.2. The summed E-state index contributed by atoms with van der Waals surface area (Å²) < 4.78 is 0. The standard InChI is InChI=1S/C14H32N4/c1-6-7-8-9-10-16-13(15-5)17-11-12-18-14(2,3)4/h18H,6-12H2,1-5H3,(H2,15,16,17). The molecular formula is C14H32N4. The van der Waals surface area contributed by atoms with Crippen LogP contribution in [0.25, 0.3) is 0 Å². The van der Waals surface area contributed by atoms with Gasteiger partial charge in [0.2, 0.25) is 0 Å². The van der Waals surface area contributed by atoms with Crippen LogP contribution in [0.4, 0.5) is 0 Å². The Morgan fingerprint density at radius 2 is 1.61 bits per heavy atom. The Morgan fingerprint density at radius 1 is 0.944 bits per heavy atom. The van der Waals surface area contributed by atoms with Gasteiger partial charge in [0.15, 0.2) is 5.96 Å². The molecule has 0 aromatic heterocycles. The third kappa shape index (κ3) is 11.7. The highest BCUT2D eigenvalue weighted by molar-refractivity contribution is 5.79. The molecular weight excluding hydrogens is 224 g/mol. The Kier molecular flexibility index (Phi) is 9.74. The van der Waals surface area contributed by atoms with Crippen molar-refractivity contribution in [3.8, 4) is 0 Å². The highest BCUT2D eigenvalue weighted by atomic mass is 15.2. The minimum Gasteiger partial charge on any atom is -0.356 e. The molecule has 0 aromatic carbocycles. The topological polar surface area (TPSA) is 48.5 Å². The van der Waals surface area contributed by atoms with Crippen molar-refractivity contribution in [2.24, 2.45) is 4.99 Å². The van der Waals surface area contributed by atoms with E-state index in [1.165, 1.54) is 25.7 Å². The Hall–Kier alpha value is -0.770. The molecule has 0 fully saturated rings. The van der Waals surface area contributed by atoms with Gasteiger partial charge < -0.3 is 16.0 Å². The van der Waals surface area contributed by atoms with Crippen molar-refractivity contribution in [3.63, 3.8) is 0 Å². The molecule has 0 amide bonds. The molecule has 0 saturated carbocycles. The van der Waals surface area contributed by atoms with E-state index in [1.54, 1.807) is 0 Å². The first-order valence-corrected chi connectivity index (χ1v) is 7.19. The second-order valence-electron chi connectivity index (χ2n) is 5.66. The molecule has 0 aromatic rings. The predicted molar refractivity (Wildman–Crippen MR) is 81.3 cm³/mol. The van der Waals surface area contributed by atoms with Gasteiger partial charge in [-0.3, -0.25) is 4.99 Å². The van der Waals surface area contributed by atoms with Gasteiger partial charge in [0.05, 0.1) is 0 Å². The molecule has 0 rings (SSSR count). The van der Waals surface area contributed by atoms with Crippen LogP contribution < -0.4 is 16.0 Å². The zero-order valence-electron chi connectivity index (χ0n) is 12.9. The zero-order valence-corrected chi connectivity index (χ0v) is 12.9. The lowest BCUT2D eigenvalue weighted by Gasteiger charge is -2.21. The summed E-state index contributed by atoms with van der Waals surface area (Å²) in [7, 11) is 1.82. The summed E-state index contributed by atoms with van der Waals surface area (Å²) in [5.74, 6) is 0.905. The fourth-order valence-electron chi connectivity index (χ4n) is 1.60. The summed E-state index contributed by atoms with van der Waals surface area (Å²) >= 11 is 0. The van der Waals surface area contributed by atoms with Crippen molar-refractivity contribution >= 4 is 5.96 Å². The lowest BCUT2D eigenvalue weighted by Crippen LogP contribution is -2.44. The van der Waals surface area contributed by atoms with Gasteiger partial charge in [-0.15, -0.1) is 0 Å². The van der Waals surface area contributed by atoms with Crippen LogP contribution in [-0.2, 0) is 0 Å². The minimum absolute atomic E-state index is 0.179. The van der Waals surface area contributed by atoms with Crippen molar-refractivity contribution in [1.82, 2.24) is 16.0 Å². The summed E-state index contributed by atoms with van der Waals surface area (Å²) in [5.41, 5.74) is 0.179. The van der Waals surface area contributed by atoms with Crippen molar-refractivity contribution in [2.45, 2.75) is 58.9 Å². The maximum atomic E-state index is 4.21. The number of guanidine groups is 1. The van der Waals surface area contributed by atoms with Gasteiger partial charge in [0.25, 0.3) is 0 Å². The van der Waals surface area contributed by atoms with Gasteiger partial charge in [0, 0.05) is 32.2 Å². The van der Waals surface area contributed by atoms with Gasteiger partial charge in [-0.05, 0) is 27.2 Å². The van der Waals surface area contributed by atoms with Crippen molar-refractivity contribution in [1.29, 1.82) is 0 Å². The Bertz CT molecular complexity index is 218. The van der Waals surface area contributed by atoms with Gasteiger partial charge >= 0.3 is 0 Å². The van der Waals surface area contributed by atoms with E-state index in [1.807, 2.05) is 7.05 Å². The van der Waals surface area contributed by atoms with Crippen LogP contribution in [-0.4, -0.2) is 38.2 Å². The van der Waals surface area contributed by atoms with Crippen LogP contribution >= 0.6 is 0 Å². The lowest BCUT2D eigenvalue weighted by atomic mass is 10.1. The largest absolute Gasteiger partial charge is 0.356 e. The summed E-state index contributed by atoms with van der Waals surface area (Å²) in [6, 6.07) is 0. The van der Waals surface area contributed by atoms with Crippen molar-refractivity contribution in [2.75, 3.05) is 26.7 Å². The molecule has 3 N–H and O–H groups in total. The first kappa shape index (κ1) is 17.2. The average Bonchev–Trinajstić information content (AvgIpc) is 2.30. The summed E-state index contributed by atoms with van der Waals surface area (Å²) in [5, 5.41) is 10.1. The molecule has 0 bridgehead atoms. The summed E-state index contributed by atoms with van der Waals surface area (Å²) in [4.78, 5) is 4.21. The van der Waals surface area contributed by atoms with Gasteiger partial charge in [-0.25, -0.2) is 0 Å². The van der Waals surface area contributed by atoms with E-state index in [9.17, 15) is 0 Å². The highest BCUT2D eigenvalue weighted by Crippen LogP contribution is 1.97. The lowest BCUT2D eigenvalue weighted by molar-refractivity contribution is 0.428. The van der Waals surface area contributed by atoms with Crippen molar-refractivity contribution in [3.05, 3.63) is 0 Å². The SMILES string of the molecule is CCCCCCNC(=NC)NCCNC(C)(C)C. The normalized spacial score (nSPS) is 12.6. The van der Waals surface area contributed by atoms with Gasteiger partial charge in [0.1, 0.15) is 0 Å². The minimum atomic E-state index is 0.179. The predicted octanol–water partition coefficient (Wildman–Crippen LogP) is 2.12. The van der Waals surface area contributed by atoms with E-state index in [0.717, 1.165) is 25.6 Å². The number of hydrogen-bond acceptors (Lipinski definition) is 2. The molecule has 4 heteroatoms. The molecule has 4 nitrogen and oxygen atoms in total. The molecule has 108 valence electrons. The van der Waals surface area contributed by atoms with Crippen LogP contribution in [0.2, 0.25) is 0 Å².